The van der Waals surface area contributed by atoms with Gasteiger partial charge in [0.2, 0.25) is 0 Å². The number of amides is 2. The van der Waals surface area contributed by atoms with E-state index in [0.29, 0.717) is 40.1 Å². The first kappa shape index (κ1) is 27.4. The minimum Gasteiger partial charge on any atom is -0.373 e. The Bertz CT molecular complexity index is 1410. The average Bonchev–Trinajstić information content (AvgIpc) is 3.62. The molecule has 40 heavy (non-hydrogen) atoms. The predicted octanol–water partition coefficient (Wildman–Crippen LogP) is 7.93. The number of halogens is 5. The number of piperidine rings is 1. The Labute approximate surface area is 239 Å². The summed E-state index contributed by atoms with van der Waals surface area (Å²) < 4.78 is 51.5. The molecule has 4 atom stereocenters. The van der Waals surface area contributed by atoms with Crippen LogP contribution in [0.25, 0.3) is 11.3 Å². The number of anilines is 1. The lowest BCUT2D eigenvalue weighted by molar-refractivity contribution is -0.137. The van der Waals surface area contributed by atoms with E-state index in [4.69, 9.17) is 32.5 Å². The van der Waals surface area contributed by atoms with Crippen LogP contribution >= 0.6 is 23.2 Å². The van der Waals surface area contributed by atoms with Crippen molar-refractivity contribution in [1.29, 1.82) is 0 Å². The Hall–Kier alpha value is -2.82. The Balaban J connectivity index is 1.16. The summed E-state index contributed by atoms with van der Waals surface area (Å²) >= 11 is 13.0. The smallest absolute Gasteiger partial charge is 0.373 e. The molecular weight excluding hydrogens is 568 g/mol. The average molecular weight is 595 g/mol. The zero-order chi connectivity index (χ0) is 28.2. The van der Waals surface area contributed by atoms with Crippen molar-refractivity contribution in [3.63, 3.8) is 0 Å². The van der Waals surface area contributed by atoms with E-state index in [0.717, 1.165) is 42.8 Å². The Morgan fingerprint density at radius 3 is 2.60 bits per heavy atom. The normalized spacial score (nSPS) is 24.4. The van der Waals surface area contributed by atoms with Gasteiger partial charge in [0.05, 0.1) is 40.2 Å². The summed E-state index contributed by atoms with van der Waals surface area (Å²) in [5.74, 6) is 1.32. The fraction of sp³-hybridized carbons (Fsp3) is 0.464. The number of nitrogens with zero attached hydrogens (tertiary/aromatic N) is 3. The summed E-state index contributed by atoms with van der Waals surface area (Å²) in [5.41, 5.74) is 1.14. The summed E-state index contributed by atoms with van der Waals surface area (Å²) in [6.45, 7) is 2.36. The van der Waals surface area contributed by atoms with Crippen molar-refractivity contribution < 1.29 is 27.2 Å². The predicted molar refractivity (Wildman–Crippen MR) is 143 cm³/mol. The number of urea groups is 1. The lowest BCUT2D eigenvalue weighted by Gasteiger charge is -2.39. The summed E-state index contributed by atoms with van der Waals surface area (Å²) in [6, 6.07) is 5.56. The highest BCUT2D eigenvalue weighted by Gasteiger charge is 2.48. The first-order valence-electron chi connectivity index (χ1n) is 13.3. The number of carbonyl (C=O) groups excluding carboxylic acids is 1. The van der Waals surface area contributed by atoms with Crippen LogP contribution in [0.5, 0.6) is 0 Å². The molecule has 3 fully saturated rings. The monoisotopic (exact) mass is 594 g/mol. The van der Waals surface area contributed by atoms with Gasteiger partial charge in [0.25, 0.3) is 0 Å². The van der Waals surface area contributed by atoms with Crippen molar-refractivity contribution in [3.05, 3.63) is 63.6 Å². The quantitative estimate of drug-likeness (QED) is 0.313. The molecule has 1 aromatic carbocycles. The van der Waals surface area contributed by atoms with Gasteiger partial charge >= 0.3 is 12.2 Å². The second-order valence-corrected chi connectivity index (χ2v) is 11.7. The number of hydrogen-bond donors (Lipinski definition) is 1. The molecule has 7 nitrogen and oxygen atoms in total. The maximum atomic E-state index is 13.2. The lowest BCUT2D eigenvalue weighted by atomic mass is 9.97. The van der Waals surface area contributed by atoms with Gasteiger partial charge in [-0.05, 0) is 56.2 Å². The number of ether oxygens (including phenoxy) is 1. The standard InChI is InChI=1S/C28H27Cl2F3N4O3/c1-14-7-18-9-19(10-23(14)37(18)27(38)35-17-8-16(11-34-12-17)28(31,32)33)39-13-20-25(36-40-26(20)15-5-6-15)24-21(29)3-2-4-22(24)30/h2-4,8,11-12,14-15,18-19,23H,5-7,9-10,13H2,1H3,(H,35,38)/t14-,18?,19+,23?/m1/s1. The molecule has 212 valence electrons. The number of nitrogens with one attached hydrogen (secondary N) is 1. The Morgan fingerprint density at radius 1 is 1.18 bits per heavy atom. The number of alkyl halides is 3. The zero-order valence-corrected chi connectivity index (χ0v) is 23.1. The minimum atomic E-state index is -4.54. The summed E-state index contributed by atoms with van der Waals surface area (Å²) in [5, 5.41) is 7.90. The van der Waals surface area contributed by atoms with Crippen LogP contribution in [0.1, 0.15) is 61.8 Å². The van der Waals surface area contributed by atoms with Crippen molar-refractivity contribution in [2.75, 3.05) is 5.32 Å². The molecule has 1 saturated carbocycles. The molecule has 3 aromatic rings. The number of aromatic nitrogens is 2. The molecule has 3 aliphatic rings. The first-order chi connectivity index (χ1) is 19.1. The molecule has 2 unspecified atom stereocenters. The van der Waals surface area contributed by atoms with E-state index < -0.39 is 17.8 Å². The van der Waals surface area contributed by atoms with Gasteiger partial charge in [0.15, 0.2) is 0 Å². The van der Waals surface area contributed by atoms with E-state index in [9.17, 15) is 18.0 Å². The van der Waals surface area contributed by atoms with Crippen LogP contribution in [0.4, 0.5) is 23.7 Å². The van der Waals surface area contributed by atoms with Crippen molar-refractivity contribution in [1.82, 2.24) is 15.0 Å². The number of hydrogen-bond acceptors (Lipinski definition) is 5. The third kappa shape index (κ3) is 5.29. The van der Waals surface area contributed by atoms with E-state index in [2.05, 4.69) is 22.4 Å². The number of pyridine rings is 1. The van der Waals surface area contributed by atoms with Crippen molar-refractivity contribution in [2.45, 2.75) is 75.9 Å². The van der Waals surface area contributed by atoms with Gasteiger partial charge in [-0.3, -0.25) is 4.98 Å². The SMILES string of the molecule is C[C@@H]1CC2C[C@H](OCc3c(-c4c(Cl)cccc4Cl)noc3C3CC3)CC1N2C(=O)Nc1cncc(C(F)(F)F)c1. The molecule has 12 heteroatoms. The van der Waals surface area contributed by atoms with E-state index in [-0.39, 0.29) is 36.4 Å². The van der Waals surface area contributed by atoms with Crippen LogP contribution in [0.2, 0.25) is 10.0 Å². The van der Waals surface area contributed by atoms with E-state index >= 15 is 0 Å². The summed E-state index contributed by atoms with van der Waals surface area (Å²) in [7, 11) is 0. The molecule has 2 saturated heterocycles. The molecule has 2 amide bonds. The van der Waals surface area contributed by atoms with Gasteiger partial charge in [-0.2, -0.15) is 13.2 Å². The van der Waals surface area contributed by atoms with Crippen molar-refractivity contribution >= 4 is 34.9 Å². The molecular formula is C28H27Cl2F3N4O3. The van der Waals surface area contributed by atoms with Crippen LogP contribution in [0.3, 0.4) is 0 Å². The molecule has 1 aliphatic carbocycles. The Morgan fingerprint density at radius 2 is 1.93 bits per heavy atom. The van der Waals surface area contributed by atoms with Gasteiger partial charge in [-0.25, -0.2) is 4.79 Å². The van der Waals surface area contributed by atoms with Crippen molar-refractivity contribution in [3.8, 4) is 11.3 Å². The van der Waals surface area contributed by atoms with Crippen LogP contribution < -0.4 is 5.32 Å². The molecule has 6 rings (SSSR count). The van der Waals surface area contributed by atoms with Crippen LogP contribution in [0, 0.1) is 5.92 Å². The summed E-state index contributed by atoms with van der Waals surface area (Å²) in [4.78, 5) is 18.6. The van der Waals surface area contributed by atoms with Gasteiger partial charge in [-0.15, -0.1) is 0 Å². The van der Waals surface area contributed by atoms with E-state index in [1.54, 1.807) is 23.1 Å². The second-order valence-electron chi connectivity index (χ2n) is 10.9. The number of carbonyl (C=O) groups is 1. The second kappa shape index (κ2) is 10.5. The van der Waals surface area contributed by atoms with E-state index in [1.165, 1.54) is 6.20 Å². The van der Waals surface area contributed by atoms with Gasteiger partial charge in [0, 0.05) is 35.3 Å². The number of rotatable bonds is 6. The molecule has 2 aliphatic heterocycles. The highest BCUT2D eigenvalue weighted by Crippen LogP contribution is 2.47. The lowest BCUT2D eigenvalue weighted by Crippen LogP contribution is -2.51. The Kier molecular flexibility index (Phi) is 7.21. The first-order valence-corrected chi connectivity index (χ1v) is 14.0. The van der Waals surface area contributed by atoms with Gasteiger partial charge in [-0.1, -0.05) is 41.3 Å². The van der Waals surface area contributed by atoms with Gasteiger partial charge < -0.3 is 19.5 Å². The maximum absolute atomic E-state index is 13.2. The fourth-order valence-corrected chi connectivity index (χ4v) is 6.60. The fourth-order valence-electron chi connectivity index (χ4n) is 6.02. The van der Waals surface area contributed by atoms with Crippen LogP contribution in [0.15, 0.2) is 41.2 Å². The molecule has 4 heterocycles. The maximum Gasteiger partial charge on any atom is 0.417 e. The molecule has 0 spiro atoms. The minimum absolute atomic E-state index is 0.0103. The highest BCUT2D eigenvalue weighted by atomic mass is 35.5. The third-order valence-corrected chi connectivity index (χ3v) is 8.70. The number of fused-ring (bicyclic) bond motifs is 2. The molecule has 1 N–H and O–H groups in total. The molecule has 2 aromatic heterocycles. The summed E-state index contributed by atoms with van der Waals surface area (Å²) in [6.07, 6.45) is 1.35. The van der Waals surface area contributed by atoms with Crippen LogP contribution in [-0.4, -0.2) is 39.3 Å². The largest absolute Gasteiger partial charge is 0.417 e. The highest BCUT2D eigenvalue weighted by molar-refractivity contribution is 6.39. The van der Waals surface area contributed by atoms with Crippen molar-refractivity contribution in [2.24, 2.45) is 5.92 Å². The molecule has 0 radical (unpaired) electrons. The van der Waals surface area contributed by atoms with E-state index in [1.807, 2.05) is 0 Å². The molecule has 2 bridgehead atoms. The topological polar surface area (TPSA) is 80.5 Å². The van der Waals surface area contributed by atoms with Crippen LogP contribution in [-0.2, 0) is 17.5 Å². The third-order valence-electron chi connectivity index (χ3n) is 8.07. The zero-order valence-electron chi connectivity index (χ0n) is 21.5. The number of benzene rings is 1. The van der Waals surface area contributed by atoms with Gasteiger partial charge in [0.1, 0.15) is 11.5 Å².